The fraction of sp³-hybridized carbons (Fsp3) is 0.706. The second-order valence-corrected chi connectivity index (χ2v) is 8.28. The Bertz CT molecular complexity index is 630. The first-order valence-corrected chi connectivity index (χ1v) is 9.40. The minimum absolute atomic E-state index is 0.00832. The molecule has 1 aromatic heterocycles. The smallest absolute Gasteiger partial charge is 0.241 e. The van der Waals surface area contributed by atoms with Gasteiger partial charge in [0.05, 0.1) is 22.7 Å². The highest BCUT2D eigenvalue weighted by atomic mass is 32.1. The number of amides is 2. The first-order valence-electron chi connectivity index (χ1n) is 8.52. The lowest BCUT2D eigenvalue weighted by atomic mass is 9.78. The Morgan fingerprint density at radius 3 is 2.83 bits per heavy atom. The van der Waals surface area contributed by atoms with Crippen LogP contribution in [0.25, 0.3) is 0 Å². The molecular weight excluding hydrogens is 324 g/mol. The summed E-state index contributed by atoms with van der Waals surface area (Å²) in [6, 6.07) is 0. The van der Waals surface area contributed by atoms with Gasteiger partial charge in [-0.2, -0.15) is 0 Å². The average Bonchev–Trinajstić information content (AvgIpc) is 3.06. The summed E-state index contributed by atoms with van der Waals surface area (Å²) in [7, 11) is 3.47. The van der Waals surface area contributed by atoms with Crippen LogP contribution in [-0.2, 0) is 16.1 Å². The molecule has 2 aliphatic rings. The maximum absolute atomic E-state index is 13.0. The molecule has 0 bridgehead atoms. The minimum atomic E-state index is -0.296. The van der Waals surface area contributed by atoms with E-state index in [1.165, 1.54) is 0 Å². The molecule has 2 fully saturated rings. The zero-order chi connectivity index (χ0) is 17.3. The zero-order valence-electron chi connectivity index (χ0n) is 14.7. The molecule has 1 atom stereocenters. The van der Waals surface area contributed by atoms with Gasteiger partial charge < -0.3 is 9.80 Å². The van der Waals surface area contributed by atoms with E-state index in [0.29, 0.717) is 6.54 Å². The summed E-state index contributed by atoms with van der Waals surface area (Å²) in [4.78, 5) is 35.1. The molecule has 3 heterocycles. The van der Waals surface area contributed by atoms with Crippen molar-refractivity contribution in [2.75, 3.05) is 40.3 Å². The largest absolute Gasteiger partial charge is 0.347 e. The standard InChI is InChI=1S/C17H26N4O2S/c1-13-18-14(11-24-13)9-20-7-4-5-17(12-20)6-8-21(16(17)23)10-15(22)19(2)3/h11H,4-10,12H2,1-3H3/t17-/m1/s1. The van der Waals surface area contributed by atoms with Crippen LogP contribution in [0.3, 0.4) is 0 Å². The highest BCUT2D eigenvalue weighted by molar-refractivity contribution is 7.09. The van der Waals surface area contributed by atoms with E-state index in [1.54, 1.807) is 35.2 Å². The number of carbonyl (C=O) groups excluding carboxylic acids is 2. The van der Waals surface area contributed by atoms with Gasteiger partial charge in [0.2, 0.25) is 11.8 Å². The average molecular weight is 350 g/mol. The number of aromatic nitrogens is 1. The molecule has 2 aliphatic heterocycles. The number of hydrogen-bond acceptors (Lipinski definition) is 5. The third-order valence-electron chi connectivity index (χ3n) is 5.13. The van der Waals surface area contributed by atoms with Gasteiger partial charge in [-0.05, 0) is 32.7 Å². The maximum atomic E-state index is 13.0. The van der Waals surface area contributed by atoms with Crippen molar-refractivity contribution >= 4 is 23.2 Å². The lowest BCUT2D eigenvalue weighted by Crippen LogP contribution is -2.48. The third-order valence-corrected chi connectivity index (χ3v) is 5.96. The van der Waals surface area contributed by atoms with Gasteiger partial charge in [0, 0.05) is 39.1 Å². The van der Waals surface area contributed by atoms with Gasteiger partial charge in [0.1, 0.15) is 0 Å². The Labute approximate surface area is 147 Å². The molecule has 2 saturated heterocycles. The summed E-state index contributed by atoms with van der Waals surface area (Å²) in [5.74, 6) is 0.155. The van der Waals surface area contributed by atoms with E-state index in [4.69, 9.17) is 0 Å². The monoisotopic (exact) mass is 350 g/mol. The molecule has 0 saturated carbocycles. The highest BCUT2D eigenvalue weighted by Gasteiger charge is 2.49. The molecule has 0 aliphatic carbocycles. The van der Waals surface area contributed by atoms with E-state index in [9.17, 15) is 9.59 Å². The quantitative estimate of drug-likeness (QED) is 0.823. The maximum Gasteiger partial charge on any atom is 0.241 e. The second kappa shape index (κ2) is 6.80. The van der Waals surface area contributed by atoms with Crippen molar-refractivity contribution in [1.29, 1.82) is 0 Å². The molecule has 0 unspecified atom stereocenters. The number of aryl methyl sites for hydroxylation is 1. The highest BCUT2D eigenvalue weighted by Crippen LogP contribution is 2.40. The Hall–Kier alpha value is -1.47. The van der Waals surface area contributed by atoms with Crippen molar-refractivity contribution < 1.29 is 9.59 Å². The topological polar surface area (TPSA) is 56.8 Å². The minimum Gasteiger partial charge on any atom is -0.347 e. The Morgan fingerprint density at radius 1 is 1.38 bits per heavy atom. The summed E-state index contributed by atoms with van der Waals surface area (Å²) in [5.41, 5.74) is 0.801. The fourth-order valence-electron chi connectivity index (χ4n) is 3.80. The summed E-state index contributed by atoms with van der Waals surface area (Å²) < 4.78 is 0. The van der Waals surface area contributed by atoms with Crippen LogP contribution in [0, 0.1) is 12.3 Å². The van der Waals surface area contributed by atoms with Gasteiger partial charge in [-0.1, -0.05) is 0 Å². The van der Waals surface area contributed by atoms with Crippen molar-refractivity contribution in [3.63, 3.8) is 0 Å². The molecule has 6 nitrogen and oxygen atoms in total. The number of carbonyl (C=O) groups is 2. The molecule has 24 heavy (non-hydrogen) atoms. The summed E-state index contributed by atoms with van der Waals surface area (Å²) in [6.07, 6.45) is 2.83. The van der Waals surface area contributed by atoms with Crippen LogP contribution in [0.4, 0.5) is 0 Å². The van der Waals surface area contributed by atoms with Crippen molar-refractivity contribution in [3.05, 3.63) is 16.1 Å². The number of thiazole rings is 1. The van der Waals surface area contributed by atoms with E-state index in [1.807, 2.05) is 6.92 Å². The molecule has 3 rings (SSSR count). The van der Waals surface area contributed by atoms with Crippen molar-refractivity contribution in [2.24, 2.45) is 5.41 Å². The predicted octanol–water partition coefficient (Wildman–Crippen LogP) is 1.35. The van der Waals surface area contributed by atoms with Crippen LogP contribution >= 0.6 is 11.3 Å². The SMILES string of the molecule is Cc1nc(CN2CCC[C@@]3(CCN(CC(=O)N(C)C)C3=O)C2)cs1. The van der Waals surface area contributed by atoms with Gasteiger partial charge in [0.15, 0.2) is 0 Å². The zero-order valence-corrected chi connectivity index (χ0v) is 15.6. The number of likely N-dealkylation sites (N-methyl/N-ethyl adjacent to an activating group) is 1. The third kappa shape index (κ3) is 3.47. The lowest BCUT2D eigenvalue weighted by Gasteiger charge is -2.38. The Morgan fingerprint density at radius 2 is 2.17 bits per heavy atom. The van der Waals surface area contributed by atoms with Gasteiger partial charge in [-0.3, -0.25) is 14.5 Å². The number of likely N-dealkylation sites (tertiary alicyclic amines) is 2. The van der Waals surface area contributed by atoms with Gasteiger partial charge in [0.25, 0.3) is 0 Å². The number of hydrogen-bond donors (Lipinski definition) is 0. The van der Waals surface area contributed by atoms with Crippen LogP contribution in [0.5, 0.6) is 0 Å². The van der Waals surface area contributed by atoms with E-state index in [2.05, 4.69) is 15.3 Å². The molecule has 0 aromatic carbocycles. The van der Waals surface area contributed by atoms with E-state index in [0.717, 1.165) is 49.6 Å². The number of piperidine rings is 1. The number of nitrogens with zero attached hydrogens (tertiary/aromatic N) is 4. The molecule has 0 N–H and O–H groups in total. The first kappa shape index (κ1) is 17.4. The van der Waals surface area contributed by atoms with Crippen LogP contribution in [0.1, 0.15) is 30.0 Å². The van der Waals surface area contributed by atoms with E-state index >= 15 is 0 Å². The van der Waals surface area contributed by atoms with Gasteiger partial charge in [-0.15, -0.1) is 11.3 Å². The Kier molecular flexibility index (Phi) is 4.92. The van der Waals surface area contributed by atoms with Gasteiger partial charge >= 0.3 is 0 Å². The summed E-state index contributed by atoms with van der Waals surface area (Å²) in [5, 5.41) is 3.19. The number of rotatable bonds is 4. The van der Waals surface area contributed by atoms with Crippen molar-refractivity contribution in [3.8, 4) is 0 Å². The molecule has 132 valence electrons. The molecule has 2 amide bonds. The lowest BCUT2D eigenvalue weighted by molar-refractivity contribution is -0.143. The summed E-state index contributed by atoms with van der Waals surface area (Å²) >= 11 is 1.67. The molecule has 7 heteroatoms. The molecule has 1 spiro atoms. The second-order valence-electron chi connectivity index (χ2n) is 7.22. The van der Waals surface area contributed by atoms with E-state index in [-0.39, 0.29) is 23.8 Å². The molecular formula is C17H26N4O2S. The fourth-order valence-corrected chi connectivity index (χ4v) is 4.40. The van der Waals surface area contributed by atoms with Crippen molar-refractivity contribution in [1.82, 2.24) is 19.7 Å². The molecule has 1 aromatic rings. The predicted molar refractivity (Wildman–Crippen MR) is 93.7 cm³/mol. The normalized spacial score (nSPS) is 24.8. The van der Waals surface area contributed by atoms with Crippen LogP contribution in [0.2, 0.25) is 0 Å². The summed E-state index contributed by atoms with van der Waals surface area (Å²) in [6.45, 7) is 5.54. The van der Waals surface area contributed by atoms with Crippen LogP contribution < -0.4 is 0 Å². The van der Waals surface area contributed by atoms with Crippen molar-refractivity contribution in [2.45, 2.75) is 32.7 Å². The first-order chi connectivity index (χ1) is 11.4. The molecule has 0 radical (unpaired) electrons. The Balaban J connectivity index is 1.64. The van der Waals surface area contributed by atoms with Crippen LogP contribution in [-0.4, -0.2) is 71.8 Å². The van der Waals surface area contributed by atoms with E-state index < -0.39 is 0 Å². The van der Waals surface area contributed by atoms with Crippen LogP contribution in [0.15, 0.2) is 5.38 Å². The van der Waals surface area contributed by atoms with Gasteiger partial charge in [-0.25, -0.2) is 4.98 Å².